The van der Waals surface area contributed by atoms with Crippen LogP contribution in [0.2, 0.25) is 0 Å². The van der Waals surface area contributed by atoms with Gasteiger partial charge in [0.15, 0.2) is 0 Å². The number of amides is 1. The number of hydrogen-bond acceptors (Lipinski definition) is 5. The number of anilines is 2. The Morgan fingerprint density at radius 2 is 1.79 bits per heavy atom. The van der Waals surface area contributed by atoms with Gasteiger partial charge in [-0.3, -0.25) is 9.10 Å². The molecule has 0 saturated carbocycles. The summed E-state index contributed by atoms with van der Waals surface area (Å²) in [6.07, 6.45) is 1.37. The van der Waals surface area contributed by atoms with E-state index in [0.29, 0.717) is 16.9 Å². The Bertz CT molecular complexity index is 990. The number of methoxy groups -OCH3 is 1. The molecule has 0 bridgehead atoms. The van der Waals surface area contributed by atoms with Crippen LogP contribution in [-0.2, 0) is 19.6 Å². The van der Waals surface area contributed by atoms with Crippen molar-refractivity contribution in [1.82, 2.24) is 0 Å². The van der Waals surface area contributed by atoms with Crippen LogP contribution >= 0.6 is 0 Å². The average molecular weight is 422 g/mol. The lowest BCUT2D eigenvalue weighted by molar-refractivity contribution is -0.116. The molecule has 2 aromatic rings. The molecule has 0 atom stereocenters. The second kappa shape index (κ2) is 9.51. The molecule has 0 fully saturated rings. The molecule has 0 aliphatic rings. The second-order valence-electron chi connectivity index (χ2n) is 6.48. The molecule has 9 heteroatoms. The molecule has 0 aliphatic carbocycles. The molecule has 0 radical (unpaired) electrons. The van der Waals surface area contributed by atoms with Crippen molar-refractivity contribution in [2.45, 2.75) is 19.8 Å². The van der Waals surface area contributed by atoms with Crippen LogP contribution in [0, 0.1) is 12.7 Å². The quantitative estimate of drug-likeness (QED) is 0.660. The minimum atomic E-state index is -3.58. The molecule has 0 saturated heterocycles. The summed E-state index contributed by atoms with van der Waals surface area (Å²) in [5.74, 6) is -1.29. The number of hydrogen-bond donors (Lipinski definition) is 1. The van der Waals surface area contributed by atoms with Gasteiger partial charge in [-0.2, -0.15) is 0 Å². The van der Waals surface area contributed by atoms with E-state index in [1.807, 2.05) is 0 Å². The number of carbonyl (C=O) groups is 2. The molecule has 0 aliphatic heterocycles. The van der Waals surface area contributed by atoms with Gasteiger partial charge in [0, 0.05) is 18.7 Å². The SMILES string of the molecule is COC(=O)c1ccc(C)c(NC(=O)CCCN(c2ccc(F)cc2)S(C)(=O)=O)c1. The normalized spacial score (nSPS) is 11.0. The maximum absolute atomic E-state index is 13.1. The highest BCUT2D eigenvalue weighted by atomic mass is 32.2. The van der Waals surface area contributed by atoms with Gasteiger partial charge in [0.25, 0.3) is 0 Å². The van der Waals surface area contributed by atoms with Crippen molar-refractivity contribution in [2.75, 3.05) is 29.5 Å². The smallest absolute Gasteiger partial charge is 0.337 e. The van der Waals surface area contributed by atoms with Crippen LogP contribution in [-0.4, -0.2) is 40.2 Å². The highest BCUT2D eigenvalue weighted by Crippen LogP contribution is 2.20. The van der Waals surface area contributed by atoms with Crippen LogP contribution < -0.4 is 9.62 Å². The lowest BCUT2D eigenvalue weighted by Crippen LogP contribution is -2.31. The predicted octanol–water partition coefficient (Wildman–Crippen LogP) is 3.11. The van der Waals surface area contributed by atoms with Crippen LogP contribution in [0.4, 0.5) is 15.8 Å². The van der Waals surface area contributed by atoms with Crippen molar-refractivity contribution >= 4 is 33.3 Å². The molecule has 1 amide bonds. The van der Waals surface area contributed by atoms with Crippen molar-refractivity contribution in [3.05, 3.63) is 59.4 Å². The van der Waals surface area contributed by atoms with E-state index >= 15 is 0 Å². The molecule has 1 N–H and O–H groups in total. The van der Waals surface area contributed by atoms with Gasteiger partial charge in [0.1, 0.15) is 5.82 Å². The number of nitrogens with zero attached hydrogens (tertiary/aromatic N) is 1. The molecule has 29 heavy (non-hydrogen) atoms. The first-order valence-electron chi connectivity index (χ1n) is 8.84. The molecule has 156 valence electrons. The zero-order valence-corrected chi connectivity index (χ0v) is 17.3. The third-order valence-corrected chi connectivity index (χ3v) is 5.41. The summed E-state index contributed by atoms with van der Waals surface area (Å²) in [7, 11) is -2.31. The van der Waals surface area contributed by atoms with Gasteiger partial charge >= 0.3 is 5.97 Å². The number of halogens is 1. The Balaban J connectivity index is 2.01. The Labute approximate surface area is 169 Å². The summed E-state index contributed by atoms with van der Waals surface area (Å²) in [4.78, 5) is 23.9. The molecule has 2 rings (SSSR count). The first-order valence-corrected chi connectivity index (χ1v) is 10.7. The number of sulfonamides is 1. The van der Waals surface area contributed by atoms with Gasteiger partial charge in [-0.15, -0.1) is 0 Å². The van der Waals surface area contributed by atoms with E-state index in [2.05, 4.69) is 10.1 Å². The van der Waals surface area contributed by atoms with Gasteiger partial charge in [0.05, 0.1) is 24.6 Å². The molecule has 7 nitrogen and oxygen atoms in total. The maximum Gasteiger partial charge on any atom is 0.337 e. The van der Waals surface area contributed by atoms with Crippen LogP contribution in [0.5, 0.6) is 0 Å². The van der Waals surface area contributed by atoms with E-state index in [0.717, 1.165) is 16.1 Å². The number of benzene rings is 2. The third kappa shape index (κ3) is 6.28. The summed E-state index contributed by atoms with van der Waals surface area (Å²) >= 11 is 0. The van der Waals surface area contributed by atoms with E-state index in [1.54, 1.807) is 19.1 Å². The number of carbonyl (C=O) groups excluding carboxylic acids is 2. The fourth-order valence-electron chi connectivity index (χ4n) is 2.69. The maximum atomic E-state index is 13.1. The molecular formula is C20H23FN2O5S. The molecule has 0 spiro atoms. The molecule has 2 aromatic carbocycles. The molecular weight excluding hydrogens is 399 g/mol. The first kappa shape index (κ1) is 22.4. The van der Waals surface area contributed by atoms with Crippen molar-refractivity contribution in [1.29, 1.82) is 0 Å². The monoisotopic (exact) mass is 422 g/mol. The first-order chi connectivity index (χ1) is 13.6. The highest BCUT2D eigenvalue weighted by Gasteiger charge is 2.18. The highest BCUT2D eigenvalue weighted by molar-refractivity contribution is 7.92. The van der Waals surface area contributed by atoms with Gasteiger partial charge < -0.3 is 10.1 Å². The van der Waals surface area contributed by atoms with E-state index < -0.39 is 21.8 Å². The minimum Gasteiger partial charge on any atom is -0.465 e. The Morgan fingerprint density at radius 1 is 1.14 bits per heavy atom. The van der Waals surface area contributed by atoms with Crippen molar-refractivity contribution in [3.8, 4) is 0 Å². The Hall–Kier alpha value is -2.94. The second-order valence-corrected chi connectivity index (χ2v) is 8.39. The minimum absolute atomic E-state index is 0.0646. The largest absolute Gasteiger partial charge is 0.465 e. The average Bonchev–Trinajstić information content (AvgIpc) is 2.66. The molecule has 0 heterocycles. The Kier molecular flexibility index (Phi) is 7.33. The van der Waals surface area contributed by atoms with Crippen LogP contribution in [0.3, 0.4) is 0 Å². The van der Waals surface area contributed by atoms with Crippen molar-refractivity contribution < 1.29 is 27.1 Å². The summed E-state index contributed by atoms with van der Waals surface area (Å²) in [6.45, 7) is 1.86. The van der Waals surface area contributed by atoms with Gasteiger partial charge in [-0.25, -0.2) is 17.6 Å². The number of nitrogens with one attached hydrogen (secondary N) is 1. The summed E-state index contributed by atoms with van der Waals surface area (Å²) in [6, 6.07) is 9.93. The predicted molar refractivity (Wildman–Crippen MR) is 109 cm³/mol. The van der Waals surface area contributed by atoms with Crippen LogP contribution in [0.15, 0.2) is 42.5 Å². The van der Waals surface area contributed by atoms with Crippen LogP contribution in [0.1, 0.15) is 28.8 Å². The van der Waals surface area contributed by atoms with E-state index in [4.69, 9.17) is 0 Å². The van der Waals surface area contributed by atoms with E-state index in [9.17, 15) is 22.4 Å². The summed E-state index contributed by atoms with van der Waals surface area (Å²) in [5, 5.41) is 2.73. The zero-order valence-electron chi connectivity index (χ0n) is 16.4. The topological polar surface area (TPSA) is 92.8 Å². The number of rotatable bonds is 8. The van der Waals surface area contributed by atoms with Gasteiger partial charge in [-0.05, 0) is 55.3 Å². The Morgan fingerprint density at radius 3 is 2.38 bits per heavy atom. The third-order valence-electron chi connectivity index (χ3n) is 4.21. The van der Waals surface area contributed by atoms with Crippen molar-refractivity contribution in [3.63, 3.8) is 0 Å². The van der Waals surface area contributed by atoms with Crippen LogP contribution in [0.25, 0.3) is 0 Å². The molecule has 0 aromatic heterocycles. The summed E-state index contributed by atoms with van der Waals surface area (Å²) in [5.41, 5.74) is 1.90. The standard InChI is InChI=1S/C20H23FN2O5S/c1-14-6-7-15(20(25)28-2)13-18(14)22-19(24)5-4-12-23(29(3,26)27)17-10-8-16(21)9-11-17/h6-11,13H,4-5,12H2,1-3H3,(H,22,24). The van der Waals surface area contributed by atoms with E-state index in [1.165, 1.54) is 37.4 Å². The number of aryl methyl sites for hydroxylation is 1. The molecule has 0 unspecified atom stereocenters. The fraction of sp³-hybridized carbons (Fsp3) is 0.300. The van der Waals surface area contributed by atoms with Gasteiger partial charge in [0.2, 0.25) is 15.9 Å². The number of ether oxygens (including phenoxy) is 1. The van der Waals surface area contributed by atoms with Gasteiger partial charge in [-0.1, -0.05) is 6.07 Å². The fourth-order valence-corrected chi connectivity index (χ4v) is 3.66. The lowest BCUT2D eigenvalue weighted by Gasteiger charge is -2.22. The lowest BCUT2D eigenvalue weighted by atomic mass is 10.1. The van der Waals surface area contributed by atoms with E-state index in [-0.39, 0.29) is 25.3 Å². The van der Waals surface area contributed by atoms with Crippen molar-refractivity contribution in [2.24, 2.45) is 0 Å². The zero-order chi connectivity index (χ0) is 21.6. The summed E-state index contributed by atoms with van der Waals surface area (Å²) < 4.78 is 43.0. The number of esters is 1.